The summed E-state index contributed by atoms with van der Waals surface area (Å²) in [6.07, 6.45) is 4.18. The molecular weight excluding hydrogens is 376 g/mol. The van der Waals surface area contributed by atoms with Crippen LogP contribution in [-0.4, -0.2) is 36.9 Å². The maximum atomic E-state index is 6.26. The van der Waals surface area contributed by atoms with E-state index in [4.69, 9.17) is 16.1 Å². The summed E-state index contributed by atoms with van der Waals surface area (Å²) in [5.74, 6) is 4.30. The van der Waals surface area contributed by atoms with Gasteiger partial charge in [0, 0.05) is 30.3 Å². The van der Waals surface area contributed by atoms with E-state index in [-0.39, 0.29) is 0 Å². The molecule has 2 aliphatic rings. The molecule has 0 bridgehead atoms. The van der Waals surface area contributed by atoms with Crippen LogP contribution < -0.4 is 0 Å². The van der Waals surface area contributed by atoms with Gasteiger partial charge in [-0.25, -0.2) is 0 Å². The summed E-state index contributed by atoms with van der Waals surface area (Å²) >= 11 is 6.26. The van der Waals surface area contributed by atoms with E-state index in [1.807, 2.05) is 13.0 Å². The van der Waals surface area contributed by atoms with Crippen LogP contribution in [0.3, 0.4) is 0 Å². The van der Waals surface area contributed by atoms with Crippen molar-refractivity contribution >= 4 is 11.6 Å². The van der Waals surface area contributed by atoms with Crippen LogP contribution in [0.4, 0.5) is 0 Å². The lowest BCUT2D eigenvalue weighted by Crippen LogP contribution is -2.17. The van der Waals surface area contributed by atoms with Gasteiger partial charge in [0.25, 0.3) is 0 Å². The minimum atomic E-state index is 0.373. The second-order valence-corrected chi connectivity index (χ2v) is 8.41. The normalized spacial score (nSPS) is 22.5. The number of benzene rings is 1. The predicted octanol–water partition coefficient (Wildman–Crippen LogP) is 4.00. The zero-order valence-corrected chi connectivity index (χ0v) is 16.9. The maximum absolute atomic E-state index is 6.26. The Morgan fingerprint density at radius 1 is 1.07 bits per heavy atom. The smallest absolute Gasteiger partial charge is 0.223 e. The van der Waals surface area contributed by atoms with Crippen LogP contribution in [0.5, 0.6) is 0 Å². The molecule has 1 aliphatic carbocycles. The molecule has 5 rings (SSSR count). The van der Waals surface area contributed by atoms with Crippen molar-refractivity contribution in [3.05, 3.63) is 52.1 Å². The van der Waals surface area contributed by atoms with Gasteiger partial charge in [0.2, 0.25) is 5.89 Å². The molecular formula is C20H23ClN6O. The number of aromatic nitrogens is 5. The Morgan fingerprint density at radius 2 is 1.86 bits per heavy atom. The largest absolute Gasteiger partial charge is 0.340 e. The third kappa shape index (κ3) is 3.12. The molecule has 0 amide bonds. The number of aryl methyl sites for hydroxylation is 1. The van der Waals surface area contributed by atoms with Crippen LogP contribution in [0.1, 0.15) is 66.4 Å². The van der Waals surface area contributed by atoms with E-state index in [0.717, 1.165) is 67.0 Å². The molecule has 8 heteroatoms. The summed E-state index contributed by atoms with van der Waals surface area (Å²) in [6, 6.07) is 6.11. The Hall–Kier alpha value is -2.25. The SMILES string of the molecule is Cc1nc(C2CCC(c3nnc4n3-c3ccc(Cl)cc3CN(C)C4)CC2)no1. The second-order valence-electron chi connectivity index (χ2n) is 7.98. The summed E-state index contributed by atoms with van der Waals surface area (Å²) in [7, 11) is 2.10. The van der Waals surface area contributed by atoms with Gasteiger partial charge in [0.05, 0.1) is 12.2 Å². The van der Waals surface area contributed by atoms with E-state index in [1.54, 1.807) is 0 Å². The van der Waals surface area contributed by atoms with Crippen molar-refractivity contribution in [3.63, 3.8) is 0 Å². The number of rotatable bonds is 2. The topological polar surface area (TPSA) is 72.9 Å². The van der Waals surface area contributed by atoms with Crippen molar-refractivity contribution in [1.82, 2.24) is 29.8 Å². The number of hydrogen-bond acceptors (Lipinski definition) is 6. The molecule has 0 spiro atoms. The molecule has 7 nitrogen and oxygen atoms in total. The van der Waals surface area contributed by atoms with Crippen molar-refractivity contribution in [2.45, 2.75) is 57.5 Å². The van der Waals surface area contributed by atoms with E-state index in [9.17, 15) is 0 Å². The summed E-state index contributed by atoms with van der Waals surface area (Å²) in [5.41, 5.74) is 2.37. The molecule has 1 saturated carbocycles. The van der Waals surface area contributed by atoms with Crippen LogP contribution >= 0.6 is 11.6 Å². The number of nitrogens with zero attached hydrogens (tertiary/aromatic N) is 6. The Balaban J connectivity index is 1.45. The fourth-order valence-electron chi connectivity index (χ4n) is 4.54. The molecule has 3 heterocycles. The molecule has 1 fully saturated rings. The van der Waals surface area contributed by atoms with Gasteiger partial charge in [-0.2, -0.15) is 4.98 Å². The first-order valence-corrected chi connectivity index (χ1v) is 10.2. The van der Waals surface area contributed by atoms with E-state index in [1.165, 1.54) is 5.56 Å². The third-order valence-corrected chi connectivity index (χ3v) is 6.13. The number of hydrogen-bond donors (Lipinski definition) is 0. The van der Waals surface area contributed by atoms with Crippen molar-refractivity contribution in [3.8, 4) is 5.69 Å². The fourth-order valence-corrected chi connectivity index (χ4v) is 4.73. The van der Waals surface area contributed by atoms with Gasteiger partial charge >= 0.3 is 0 Å². The summed E-state index contributed by atoms with van der Waals surface area (Å²) in [6.45, 7) is 3.47. The molecule has 0 atom stereocenters. The summed E-state index contributed by atoms with van der Waals surface area (Å²) < 4.78 is 7.42. The van der Waals surface area contributed by atoms with Gasteiger partial charge in [-0.15, -0.1) is 10.2 Å². The monoisotopic (exact) mass is 398 g/mol. The lowest BCUT2D eigenvalue weighted by Gasteiger charge is -2.26. The lowest BCUT2D eigenvalue weighted by atomic mass is 9.81. The number of fused-ring (bicyclic) bond motifs is 3. The minimum Gasteiger partial charge on any atom is -0.340 e. The van der Waals surface area contributed by atoms with Crippen molar-refractivity contribution in [1.29, 1.82) is 0 Å². The van der Waals surface area contributed by atoms with Gasteiger partial charge in [-0.05, 0) is 56.5 Å². The summed E-state index contributed by atoms with van der Waals surface area (Å²) in [4.78, 5) is 6.67. The molecule has 146 valence electrons. The molecule has 2 aromatic heterocycles. The molecule has 0 radical (unpaired) electrons. The van der Waals surface area contributed by atoms with Gasteiger partial charge in [0.1, 0.15) is 5.82 Å². The number of halogens is 1. The fraction of sp³-hybridized carbons (Fsp3) is 0.500. The molecule has 0 unspecified atom stereocenters. The average molecular weight is 399 g/mol. The second kappa shape index (κ2) is 6.97. The molecule has 0 N–H and O–H groups in total. The first-order chi connectivity index (χ1) is 13.6. The van der Waals surface area contributed by atoms with Crippen LogP contribution in [0.15, 0.2) is 22.7 Å². The molecule has 0 saturated heterocycles. The quantitative estimate of drug-likeness (QED) is 0.649. The maximum Gasteiger partial charge on any atom is 0.223 e. The van der Waals surface area contributed by atoms with Gasteiger partial charge < -0.3 is 4.52 Å². The van der Waals surface area contributed by atoms with E-state index >= 15 is 0 Å². The third-order valence-electron chi connectivity index (χ3n) is 5.89. The minimum absolute atomic E-state index is 0.373. The highest BCUT2D eigenvalue weighted by molar-refractivity contribution is 6.30. The standard InChI is InChI=1S/C20H23ClN6O/c1-12-22-19(25-28-12)13-3-5-14(6-4-13)20-24-23-18-11-26(2)10-15-9-16(21)7-8-17(15)27(18)20/h7-9,13-14H,3-6,10-11H2,1-2H3. The lowest BCUT2D eigenvalue weighted by molar-refractivity contribution is 0.315. The molecule has 1 aliphatic heterocycles. The highest BCUT2D eigenvalue weighted by atomic mass is 35.5. The zero-order chi connectivity index (χ0) is 19.3. The van der Waals surface area contributed by atoms with Gasteiger partial charge in [0.15, 0.2) is 11.6 Å². The Bertz CT molecular complexity index is 1000. The zero-order valence-electron chi connectivity index (χ0n) is 16.1. The van der Waals surface area contributed by atoms with E-state index in [0.29, 0.717) is 17.7 Å². The molecule has 1 aromatic carbocycles. The first kappa shape index (κ1) is 17.8. The van der Waals surface area contributed by atoms with Crippen LogP contribution in [0, 0.1) is 6.92 Å². The van der Waals surface area contributed by atoms with E-state index < -0.39 is 0 Å². The van der Waals surface area contributed by atoms with Crippen LogP contribution in [-0.2, 0) is 13.1 Å². The van der Waals surface area contributed by atoms with Crippen LogP contribution in [0.2, 0.25) is 5.02 Å². The Morgan fingerprint density at radius 3 is 2.61 bits per heavy atom. The molecule has 28 heavy (non-hydrogen) atoms. The molecule has 3 aromatic rings. The van der Waals surface area contributed by atoms with E-state index in [2.05, 4.69) is 49.0 Å². The van der Waals surface area contributed by atoms with Gasteiger partial charge in [-0.3, -0.25) is 9.47 Å². The van der Waals surface area contributed by atoms with Gasteiger partial charge in [-0.1, -0.05) is 16.8 Å². The van der Waals surface area contributed by atoms with Crippen molar-refractivity contribution < 1.29 is 4.52 Å². The van der Waals surface area contributed by atoms with Crippen molar-refractivity contribution in [2.75, 3.05) is 7.05 Å². The first-order valence-electron chi connectivity index (χ1n) is 9.80. The highest BCUT2D eigenvalue weighted by Crippen LogP contribution is 2.40. The predicted molar refractivity (Wildman–Crippen MR) is 105 cm³/mol. The summed E-state index contributed by atoms with van der Waals surface area (Å²) in [5, 5.41) is 14.1. The highest BCUT2D eigenvalue weighted by Gasteiger charge is 2.31. The Kier molecular flexibility index (Phi) is 4.44. The Labute approximate surface area is 168 Å². The average Bonchev–Trinajstić information content (AvgIpc) is 3.25. The van der Waals surface area contributed by atoms with Crippen molar-refractivity contribution in [2.24, 2.45) is 0 Å². The van der Waals surface area contributed by atoms with Crippen LogP contribution in [0.25, 0.3) is 5.69 Å².